The molecule has 12 heavy (non-hydrogen) atoms. The highest BCUT2D eigenvalue weighted by molar-refractivity contribution is 5.82. The summed E-state index contributed by atoms with van der Waals surface area (Å²) in [4.78, 5) is 11.3. The molecule has 0 saturated heterocycles. The second-order valence-electron chi connectivity index (χ2n) is 3.33. The van der Waals surface area contributed by atoms with Gasteiger partial charge in [0.25, 0.3) is 0 Å². The van der Waals surface area contributed by atoms with E-state index in [1.54, 1.807) is 0 Å². The van der Waals surface area contributed by atoms with Crippen molar-refractivity contribution in [3.63, 3.8) is 0 Å². The molecule has 1 aliphatic rings. The van der Waals surface area contributed by atoms with Gasteiger partial charge in [-0.05, 0) is 19.3 Å². The highest BCUT2D eigenvalue weighted by Crippen LogP contribution is 2.10. The lowest BCUT2D eigenvalue weighted by Crippen LogP contribution is -2.08. The van der Waals surface area contributed by atoms with Gasteiger partial charge in [-0.15, -0.1) is 0 Å². The summed E-state index contributed by atoms with van der Waals surface area (Å²) in [6.07, 6.45) is 12.1. The molecule has 1 atom stereocenters. The van der Waals surface area contributed by atoms with Gasteiger partial charge in [0.05, 0.1) is 0 Å². The Hall–Kier alpha value is -0.850. The molecular formula is C11H16O. The molecule has 0 fully saturated rings. The summed E-state index contributed by atoms with van der Waals surface area (Å²) in [5.74, 6) is 0.557. The summed E-state index contributed by atoms with van der Waals surface area (Å²) in [6, 6.07) is 0. The number of hydrogen-bond donors (Lipinski definition) is 0. The van der Waals surface area contributed by atoms with Crippen LogP contribution >= 0.6 is 0 Å². The Labute approximate surface area is 74.2 Å². The number of carbonyl (C=O) groups excluding carboxylic acids is 1. The lowest BCUT2D eigenvalue weighted by Gasteiger charge is -2.06. The second-order valence-corrected chi connectivity index (χ2v) is 3.33. The zero-order valence-corrected chi connectivity index (χ0v) is 7.62. The first-order valence-electron chi connectivity index (χ1n) is 4.63. The second kappa shape index (κ2) is 4.91. The molecule has 1 aliphatic carbocycles. The van der Waals surface area contributed by atoms with E-state index in [1.165, 1.54) is 0 Å². The Morgan fingerprint density at radius 2 is 1.83 bits per heavy atom. The standard InChI is InChI=1S/C11H16O/c1-10-8-6-4-2-3-5-7-9-11(10)12/h4-7,10H,2-3,8-9H2,1H3/b6-4-,7-5+. The average molecular weight is 164 g/mol. The normalized spacial score (nSPS) is 31.1. The monoisotopic (exact) mass is 164 g/mol. The molecule has 0 spiro atoms. The third-order valence-electron chi connectivity index (χ3n) is 2.19. The van der Waals surface area contributed by atoms with Crippen LogP contribution in [0, 0.1) is 5.92 Å². The topological polar surface area (TPSA) is 17.1 Å². The van der Waals surface area contributed by atoms with Gasteiger partial charge >= 0.3 is 0 Å². The van der Waals surface area contributed by atoms with Crippen LogP contribution in [-0.2, 0) is 4.79 Å². The van der Waals surface area contributed by atoms with E-state index in [4.69, 9.17) is 0 Å². The number of allylic oxidation sites excluding steroid dienone is 4. The first-order chi connectivity index (χ1) is 5.80. The molecule has 66 valence electrons. The van der Waals surface area contributed by atoms with Crippen LogP contribution in [0.3, 0.4) is 0 Å². The molecule has 0 amide bonds. The predicted octanol–water partition coefficient (Wildman–Crippen LogP) is 2.88. The van der Waals surface area contributed by atoms with Crippen molar-refractivity contribution in [2.45, 2.75) is 32.6 Å². The van der Waals surface area contributed by atoms with Crippen LogP contribution in [-0.4, -0.2) is 5.78 Å². The number of ketones is 1. The SMILES string of the molecule is CC1C/C=C\CC/C=C/CC1=O. The molecule has 1 nitrogen and oxygen atoms in total. The molecule has 0 aliphatic heterocycles. The van der Waals surface area contributed by atoms with Gasteiger partial charge in [0.1, 0.15) is 5.78 Å². The minimum Gasteiger partial charge on any atom is -0.299 e. The third-order valence-corrected chi connectivity index (χ3v) is 2.19. The molecule has 1 rings (SSSR count). The largest absolute Gasteiger partial charge is 0.299 e. The minimum atomic E-state index is 0.198. The summed E-state index contributed by atoms with van der Waals surface area (Å²) < 4.78 is 0. The lowest BCUT2D eigenvalue weighted by molar-refractivity contribution is -0.121. The summed E-state index contributed by atoms with van der Waals surface area (Å²) in [7, 11) is 0. The van der Waals surface area contributed by atoms with E-state index in [1.807, 2.05) is 13.0 Å². The molecule has 0 radical (unpaired) electrons. The van der Waals surface area contributed by atoms with Gasteiger partial charge in [0.2, 0.25) is 0 Å². The number of carbonyl (C=O) groups is 1. The van der Waals surface area contributed by atoms with Crippen LogP contribution < -0.4 is 0 Å². The minimum absolute atomic E-state index is 0.198. The smallest absolute Gasteiger partial charge is 0.139 e. The van der Waals surface area contributed by atoms with Gasteiger partial charge in [-0.25, -0.2) is 0 Å². The predicted molar refractivity (Wildman–Crippen MR) is 50.9 cm³/mol. The first kappa shape index (κ1) is 9.24. The van der Waals surface area contributed by atoms with Gasteiger partial charge in [0, 0.05) is 12.3 Å². The maximum Gasteiger partial charge on any atom is 0.139 e. The summed E-state index contributed by atoms with van der Waals surface area (Å²) in [6.45, 7) is 2.00. The highest BCUT2D eigenvalue weighted by Gasteiger charge is 2.09. The fourth-order valence-corrected chi connectivity index (χ4v) is 1.26. The quantitative estimate of drug-likeness (QED) is 0.503. The van der Waals surface area contributed by atoms with Gasteiger partial charge in [0.15, 0.2) is 0 Å². The van der Waals surface area contributed by atoms with E-state index in [0.717, 1.165) is 19.3 Å². The van der Waals surface area contributed by atoms with Gasteiger partial charge in [-0.3, -0.25) is 4.79 Å². The van der Waals surface area contributed by atoms with E-state index in [-0.39, 0.29) is 5.92 Å². The van der Waals surface area contributed by atoms with E-state index in [0.29, 0.717) is 12.2 Å². The highest BCUT2D eigenvalue weighted by atomic mass is 16.1. The van der Waals surface area contributed by atoms with Crippen LogP contribution in [0.15, 0.2) is 24.3 Å². The lowest BCUT2D eigenvalue weighted by atomic mass is 9.98. The molecular weight excluding hydrogens is 148 g/mol. The van der Waals surface area contributed by atoms with Crippen molar-refractivity contribution in [2.24, 2.45) is 5.92 Å². The Balaban J connectivity index is 2.53. The zero-order chi connectivity index (χ0) is 8.81. The maximum absolute atomic E-state index is 11.3. The fourth-order valence-electron chi connectivity index (χ4n) is 1.26. The van der Waals surface area contributed by atoms with Crippen LogP contribution in [0.4, 0.5) is 0 Å². The molecule has 0 aromatic rings. The van der Waals surface area contributed by atoms with E-state index in [9.17, 15) is 4.79 Å². The number of hydrogen-bond acceptors (Lipinski definition) is 1. The van der Waals surface area contributed by atoms with Gasteiger partial charge in [-0.2, -0.15) is 0 Å². The van der Waals surface area contributed by atoms with Crippen molar-refractivity contribution in [3.8, 4) is 0 Å². The average Bonchev–Trinajstić information content (AvgIpc) is 2.08. The molecule has 1 heteroatoms. The molecule has 0 heterocycles. The molecule has 0 bridgehead atoms. The summed E-state index contributed by atoms with van der Waals surface area (Å²) in [5.41, 5.74) is 0. The summed E-state index contributed by atoms with van der Waals surface area (Å²) in [5, 5.41) is 0. The van der Waals surface area contributed by atoms with E-state index < -0.39 is 0 Å². The van der Waals surface area contributed by atoms with Gasteiger partial charge in [-0.1, -0.05) is 31.2 Å². The van der Waals surface area contributed by atoms with Crippen molar-refractivity contribution in [1.82, 2.24) is 0 Å². The maximum atomic E-state index is 11.3. The summed E-state index contributed by atoms with van der Waals surface area (Å²) >= 11 is 0. The van der Waals surface area contributed by atoms with E-state index >= 15 is 0 Å². The Morgan fingerprint density at radius 1 is 1.17 bits per heavy atom. The first-order valence-corrected chi connectivity index (χ1v) is 4.63. The van der Waals surface area contributed by atoms with Crippen LogP contribution in [0.1, 0.15) is 32.6 Å². The fraction of sp³-hybridized carbons (Fsp3) is 0.545. The van der Waals surface area contributed by atoms with Crippen molar-refractivity contribution < 1.29 is 4.79 Å². The third kappa shape index (κ3) is 3.04. The van der Waals surface area contributed by atoms with Crippen molar-refractivity contribution >= 4 is 5.78 Å². The number of rotatable bonds is 0. The molecule has 0 saturated carbocycles. The van der Waals surface area contributed by atoms with Crippen molar-refractivity contribution in [2.75, 3.05) is 0 Å². The van der Waals surface area contributed by atoms with Crippen molar-refractivity contribution in [3.05, 3.63) is 24.3 Å². The van der Waals surface area contributed by atoms with Crippen LogP contribution in [0.25, 0.3) is 0 Å². The van der Waals surface area contributed by atoms with E-state index in [2.05, 4.69) is 18.2 Å². The molecule has 0 N–H and O–H groups in total. The van der Waals surface area contributed by atoms with Crippen LogP contribution in [0.2, 0.25) is 0 Å². The zero-order valence-electron chi connectivity index (χ0n) is 7.62. The molecule has 1 unspecified atom stereocenters. The number of Topliss-reactive ketones (excluding diaryl/α,β-unsaturated/α-hetero) is 1. The Kier molecular flexibility index (Phi) is 3.78. The Bertz CT molecular complexity index is 201. The Morgan fingerprint density at radius 3 is 2.58 bits per heavy atom. The van der Waals surface area contributed by atoms with Crippen LogP contribution in [0.5, 0.6) is 0 Å². The van der Waals surface area contributed by atoms with Gasteiger partial charge < -0.3 is 0 Å². The van der Waals surface area contributed by atoms with Crippen molar-refractivity contribution in [1.29, 1.82) is 0 Å². The molecule has 0 aromatic carbocycles. The molecule has 0 aromatic heterocycles.